The van der Waals surface area contributed by atoms with Crippen LogP contribution in [0.1, 0.15) is 124 Å². The lowest BCUT2D eigenvalue weighted by molar-refractivity contribution is 0.195. The molecule has 0 saturated heterocycles. The van der Waals surface area contributed by atoms with Gasteiger partial charge in [0, 0.05) is 43.5 Å². The van der Waals surface area contributed by atoms with E-state index in [1.54, 1.807) is 5.56 Å². The van der Waals surface area contributed by atoms with Crippen LogP contribution in [0.4, 0.5) is 22.7 Å². The number of nitrogens with one attached hydrogen (secondary N) is 1. The van der Waals surface area contributed by atoms with Crippen LogP contribution >= 0.6 is 11.3 Å². The molecule has 2 nitrogen and oxygen atoms in total. The summed E-state index contributed by atoms with van der Waals surface area (Å²) >= 11 is 1.98. The molecule has 0 spiro atoms. The second-order valence-corrected chi connectivity index (χ2v) is 21.2. The standard InChI is InChI=1S/C50H56BN2S/c1-46(2,3)30-18-21-33(22-19-30)52-40-28-31(47(4,5)6)20-23-34(40)36-29-37-35-16-12-13-17-41(35)54-45(37)44-42(36)51-39-27-32(48(7,8)9)26-38-43(39)53(44)50(11)25-15-14-24-49(38,50)10/h12-13,16-23,26-29,52H,14-15,24-25H2,1-11H3. The molecule has 2 atom stereocenters. The summed E-state index contributed by atoms with van der Waals surface area (Å²) in [6.07, 6.45) is 4.97. The SMILES string of the molecule is CC(C)(C)c1ccc(Nc2cc(C(C)(C)C)ccc2-c2cc3c(sc4ccccc43)c3c2[B]c2cc(C(C)(C)C)cc4c2N3C2(C)CCCCC42C)cc1. The first kappa shape index (κ1) is 35.7. The van der Waals surface area contributed by atoms with Crippen molar-refractivity contribution in [1.82, 2.24) is 0 Å². The Balaban J connectivity index is 1.35. The number of benzene rings is 5. The van der Waals surface area contributed by atoms with E-state index in [2.05, 4.69) is 179 Å². The van der Waals surface area contributed by atoms with Gasteiger partial charge in [-0.05, 0) is 99.6 Å². The predicted molar refractivity (Wildman–Crippen MR) is 238 cm³/mol. The molecule has 275 valence electrons. The lowest BCUT2D eigenvalue weighted by Crippen LogP contribution is -2.57. The summed E-state index contributed by atoms with van der Waals surface area (Å²) in [5.74, 6) is 0. The minimum Gasteiger partial charge on any atom is -0.355 e. The van der Waals surface area contributed by atoms with Crippen LogP contribution in [0.5, 0.6) is 0 Å². The number of anilines is 4. The maximum absolute atomic E-state index is 3.97. The molecule has 5 aromatic carbocycles. The van der Waals surface area contributed by atoms with Crippen LogP contribution in [-0.2, 0) is 21.7 Å². The van der Waals surface area contributed by atoms with Crippen molar-refractivity contribution in [1.29, 1.82) is 0 Å². The first-order valence-electron chi connectivity index (χ1n) is 20.2. The van der Waals surface area contributed by atoms with Crippen molar-refractivity contribution in [3.05, 3.63) is 107 Å². The Kier molecular flexibility index (Phi) is 7.76. The number of thiophene rings is 1. The van der Waals surface area contributed by atoms with Crippen molar-refractivity contribution in [2.75, 3.05) is 10.2 Å². The van der Waals surface area contributed by atoms with E-state index in [4.69, 9.17) is 0 Å². The van der Waals surface area contributed by atoms with E-state index in [0.717, 1.165) is 11.4 Å². The molecule has 9 rings (SSSR count). The van der Waals surface area contributed by atoms with Gasteiger partial charge in [0.2, 0.25) is 0 Å². The molecule has 3 heterocycles. The highest BCUT2D eigenvalue weighted by molar-refractivity contribution is 7.26. The molecule has 1 saturated carbocycles. The first-order valence-corrected chi connectivity index (χ1v) is 21.0. The Morgan fingerprint density at radius 1 is 0.648 bits per heavy atom. The molecule has 0 bridgehead atoms. The lowest BCUT2D eigenvalue weighted by atomic mass is 9.57. The van der Waals surface area contributed by atoms with Gasteiger partial charge in [-0.25, -0.2) is 0 Å². The second-order valence-electron chi connectivity index (χ2n) is 20.1. The molecule has 54 heavy (non-hydrogen) atoms. The van der Waals surface area contributed by atoms with Crippen molar-refractivity contribution in [3.8, 4) is 11.1 Å². The largest absolute Gasteiger partial charge is 0.355 e. The normalized spacial score (nSPS) is 20.8. The quantitative estimate of drug-likeness (QED) is 0.183. The Morgan fingerprint density at radius 2 is 1.31 bits per heavy atom. The van der Waals surface area contributed by atoms with Gasteiger partial charge >= 0.3 is 0 Å². The number of rotatable bonds is 3. The van der Waals surface area contributed by atoms with Crippen LogP contribution in [0, 0.1) is 0 Å². The Hall–Kier alpha value is -4.02. The fourth-order valence-electron chi connectivity index (χ4n) is 9.91. The summed E-state index contributed by atoms with van der Waals surface area (Å²) < 4.78 is 2.77. The third-order valence-electron chi connectivity index (χ3n) is 13.5. The van der Waals surface area contributed by atoms with E-state index in [1.807, 2.05) is 11.3 Å². The van der Waals surface area contributed by atoms with E-state index >= 15 is 0 Å². The van der Waals surface area contributed by atoms with Crippen molar-refractivity contribution in [2.45, 2.75) is 129 Å². The molecule has 1 N–H and O–H groups in total. The van der Waals surface area contributed by atoms with Crippen LogP contribution in [0.25, 0.3) is 31.3 Å². The van der Waals surface area contributed by atoms with Gasteiger partial charge in [-0.3, -0.25) is 0 Å². The van der Waals surface area contributed by atoms with E-state index in [1.165, 1.54) is 96.0 Å². The van der Waals surface area contributed by atoms with Gasteiger partial charge in [0.15, 0.2) is 7.28 Å². The van der Waals surface area contributed by atoms with Gasteiger partial charge in [-0.15, -0.1) is 11.3 Å². The van der Waals surface area contributed by atoms with Gasteiger partial charge in [0.1, 0.15) is 0 Å². The molecule has 2 unspecified atom stereocenters. The molecule has 1 aromatic heterocycles. The number of hydrogen-bond acceptors (Lipinski definition) is 3. The Labute approximate surface area is 328 Å². The summed E-state index contributed by atoms with van der Waals surface area (Å²) in [5, 5.41) is 6.68. The maximum Gasteiger partial charge on any atom is 0.197 e. The minimum atomic E-state index is -0.0322. The summed E-state index contributed by atoms with van der Waals surface area (Å²) in [5.41, 5.74) is 16.3. The molecule has 0 amide bonds. The molecule has 1 aliphatic carbocycles. The van der Waals surface area contributed by atoms with Gasteiger partial charge in [0.05, 0.1) is 15.9 Å². The zero-order valence-electron chi connectivity index (χ0n) is 34.3. The van der Waals surface area contributed by atoms with Gasteiger partial charge in [0.25, 0.3) is 0 Å². The zero-order valence-corrected chi connectivity index (χ0v) is 35.2. The fraction of sp³-hybridized carbons (Fsp3) is 0.400. The van der Waals surface area contributed by atoms with Crippen molar-refractivity contribution in [2.24, 2.45) is 0 Å². The van der Waals surface area contributed by atoms with Crippen molar-refractivity contribution in [3.63, 3.8) is 0 Å². The third-order valence-corrected chi connectivity index (χ3v) is 14.7. The molecule has 2 aliphatic heterocycles. The monoisotopic (exact) mass is 727 g/mol. The second kappa shape index (κ2) is 11.7. The third kappa shape index (κ3) is 5.25. The van der Waals surface area contributed by atoms with Gasteiger partial charge in [-0.2, -0.15) is 0 Å². The molecular weight excluding hydrogens is 671 g/mol. The number of nitrogens with zero attached hydrogens (tertiary/aromatic N) is 1. The average Bonchev–Trinajstić information content (AvgIpc) is 3.58. The maximum atomic E-state index is 3.97. The highest BCUT2D eigenvalue weighted by Crippen LogP contribution is 2.62. The molecule has 1 fully saturated rings. The molecular formula is C50H56BN2S. The summed E-state index contributed by atoms with van der Waals surface area (Å²) in [7, 11) is 2.57. The molecule has 6 aromatic rings. The van der Waals surface area contributed by atoms with E-state index in [9.17, 15) is 0 Å². The Morgan fingerprint density at radius 3 is 2.02 bits per heavy atom. The summed E-state index contributed by atoms with van der Waals surface area (Å²) in [6.45, 7) is 26.1. The highest BCUT2D eigenvalue weighted by Gasteiger charge is 2.60. The molecule has 4 heteroatoms. The fourth-order valence-corrected chi connectivity index (χ4v) is 11.1. The van der Waals surface area contributed by atoms with E-state index < -0.39 is 0 Å². The summed E-state index contributed by atoms with van der Waals surface area (Å²) in [6, 6.07) is 33.0. The highest BCUT2D eigenvalue weighted by atomic mass is 32.1. The van der Waals surface area contributed by atoms with Crippen LogP contribution in [0.2, 0.25) is 0 Å². The van der Waals surface area contributed by atoms with Crippen LogP contribution < -0.4 is 21.1 Å². The van der Waals surface area contributed by atoms with Crippen LogP contribution in [0.15, 0.2) is 84.9 Å². The van der Waals surface area contributed by atoms with E-state index in [0.29, 0.717) is 0 Å². The zero-order chi connectivity index (χ0) is 38.2. The van der Waals surface area contributed by atoms with Crippen molar-refractivity contribution >= 4 is 72.5 Å². The molecule has 1 radical (unpaired) electrons. The Bertz CT molecular complexity index is 2480. The topological polar surface area (TPSA) is 15.3 Å². The van der Waals surface area contributed by atoms with Gasteiger partial charge in [-0.1, -0.05) is 142 Å². The van der Waals surface area contributed by atoms with Crippen LogP contribution in [0.3, 0.4) is 0 Å². The number of fused-ring (bicyclic) bond motifs is 9. The van der Waals surface area contributed by atoms with Gasteiger partial charge < -0.3 is 10.2 Å². The number of hydrogen-bond donors (Lipinski definition) is 1. The first-order chi connectivity index (χ1) is 25.4. The summed E-state index contributed by atoms with van der Waals surface area (Å²) in [4.78, 5) is 2.88. The van der Waals surface area contributed by atoms with Crippen LogP contribution in [-0.4, -0.2) is 12.8 Å². The minimum absolute atomic E-state index is 0.0123. The predicted octanol–water partition coefficient (Wildman–Crippen LogP) is 13.1. The lowest BCUT2D eigenvalue weighted by Gasteiger charge is -2.51. The van der Waals surface area contributed by atoms with Crippen molar-refractivity contribution < 1.29 is 0 Å². The average molecular weight is 728 g/mol. The van der Waals surface area contributed by atoms with E-state index in [-0.39, 0.29) is 27.2 Å². The smallest absolute Gasteiger partial charge is 0.197 e. The molecule has 3 aliphatic rings.